The molecule has 1 saturated heterocycles. The van der Waals surface area contributed by atoms with Crippen LogP contribution >= 0.6 is 0 Å². The first-order valence-corrected chi connectivity index (χ1v) is 10.2. The van der Waals surface area contributed by atoms with Gasteiger partial charge in [0.05, 0.1) is 18.8 Å². The average molecular weight is 373 g/mol. The summed E-state index contributed by atoms with van der Waals surface area (Å²) < 4.78 is 13.0. The summed E-state index contributed by atoms with van der Waals surface area (Å²) in [7, 11) is 0. The first-order chi connectivity index (χ1) is 13.7. The fourth-order valence-corrected chi connectivity index (χ4v) is 4.19. The van der Waals surface area contributed by atoms with Crippen molar-refractivity contribution in [2.24, 2.45) is 5.92 Å². The molecule has 2 nitrogen and oxygen atoms in total. The zero-order valence-electron chi connectivity index (χ0n) is 16.6. The fraction of sp³-hybridized carbons (Fsp3) is 0.308. The molecule has 4 rings (SSSR count). The van der Waals surface area contributed by atoms with Gasteiger partial charge in [-0.1, -0.05) is 97.9 Å². The number of hydrogen-bond donors (Lipinski definition) is 0. The third-order valence-corrected chi connectivity index (χ3v) is 5.87. The third-order valence-electron chi connectivity index (χ3n) is 5.87. The normalized spacial score (nSPS) is 22.3. The maximum atomic E-state index is 6.84. The molecule has 1 aliphatic rings. The molecule has 2 unspecified atom stereocenters. The summed E-state index contributed by atoms with van der Waals surface area (Å²) in [6.45, 7) is 4.97. The van der Waals surface area contributed by atoms with Gasteiger partial charge in [-0.3, -0.25) is 0 Å². The number of hydrogen-bond acceptors (Lipinski definition) is 2. The number of benzene rings is 3. The van der Waals surface area contributed by atoms with Crippen molar-refractivity contribution in [3.63, 3.8) is 0 Å². The van der Waals surface area contributed by atoms with E-state index >= 15 is 0 Å². The molecule has 1 aliphatic heterocycles. The van der Waals surface area contributed by atoms with Crippen LogP contribution in [0.25, 0.3) is 0 Å². The lowest BCUT2D eigenvalue weighted by molar-refractivity contribution is -0.0596. The van der Waals surface area contributed by atoms with E-state index in [-0.39, 0.29) is 12.2 Å². The summed E-state index contributed by atoms with van der Waals surface area (Å²) in [6.07, 6.45) is 1.45. The standard InChI is InChI=1S/C26H28O2/c1-20-18-25(28-21(20)2)19-27-26(22-12-6-3-7-13-22,23-14-8-4-9-15-23)24-16-10-5-11-17-24/h3-17,20-21,25H,18-19H2,1-2H3/t20?,21?,25-/m0/s1. The quantitative estimate of drug-likeness (QED) is 0.509. The van der Waals surface area contributed by atoms with Gasteiger partial charge in [0.15, 0.2) is 0 Å². The van der Waals surface area contributed by atoms with Gasteiger partial charge in [0.25, 0.3) is 0 Å². The molecule has 0 amide bonds. The zero-order chi connectivity index (χ0) is 19.4. The van der Waals surface area contributed by atoms with E-state index in [1.807, 2.05) is 18.2 Å². The lowest BCUT2D eigenvalue weighted by atomic mass is 9.80. The van der Waals surface area contributed by atoms with Gasteiger partial charge in [-0.25, -0.2) is 0 Å². The van der Waals surface area contributed by atoms with Crippen LogP contribution in [0.1, 0.15) is 37.0 Å². The summed E-state index contributed by atoms with van der Waals surface area (Å²) in [5.74, 6) is 0.563. The molecule has 0 radical (unpaired) electrons. The summed E-state index contributed by atoms with van der Waals surface area (Å²) in [4.78, 5) is 0. The molecular formula is C26H28O2. The molecule has 0 aromatic heterocycles. The van der Waals surface area contributed by atoms with Gasteiger partial charge in [0.1, 0.15) is 5.60 Å². The Morgan fingerprint density at radius 3 is 1.54 bits per heavy atom. The van der Waals surface area contributed by atoms with Gasteiger partial charge in [0, 0.05) is 0 Å². The lowest BCUT2D eigenvalue weighted by Gasteiger charge is -2.36. The van der Waals surface area contributed by atoms with Crippen LogP contribution in [0.5, 0.6) is 0 Å². The average Bonchev–Trinajstić information content (AvgIpc) is 3.08. The first-order valence-electron chi connectivity index (χ1n) is 10.2. The molecule has 1 heterocycles. The van der Waals surface area contributed by atoms with E-state index < -0.39 is 5.60 Å². The van der Waals surface area contributed by atoms with Crippen LogP contribution in [0.4, 0.5) is 0 Å². The SMILES string of the molecule is CC1C[C@@H](COC(c2ccccc2)(c2ccccc2)c2ccccc2)OC1C. The minimum Gasteiger partial charge on any atom is -0.373 e. The van der Waals surface area contributed by atoms with E-state index in [0.29, 0.717) is 12.5 Å². The Hall–Kier alpha value is -2.42. The van der Waals surface area contributed by atoms with Crippen molar-refractivity contribution in [3.05, 3.63) is 108 Å². The third kappa shape index (κ3) is 3.63. The maximum absolute atomic E-state index is 6.84. The van der Waals surface area contributed by atoms with E-state index in [1.165, 1.54) is 0 Å². The predicted molar refractivity (Wildman–Crippen MR) is 113 cm³/mol. The molecular weight excluding hydrogens is 344 g/mol. The summed E-state index contributed by atoms with van der Waals surface area (Å²) in [6, 6.07) is 31.5. The van der Waals surface area contributed by atoms with Gasteiger partial charge in [-0.2, -0.15) is 0 Å². The second kappa shape index (κ2) is 8.30. The number of ether oxygens (including phenoxy) is 2. The molecule has 3 atom stereocenters. The first kappa shape index (κ1) is 18.9. The highest BCUT2D eigenvalue weighted by Crippen LogP contribution is 2.41. The number of rotatable bonds is 6. The molecule has 0 spiro atoms. The van der Waals surface area contributed by atoms with Crippen molar-refractivity contribution in [2.75, 3.05) is 6.61 Å². The topological polar surface area (TPSA) is 18.5 Å². The van der Waals surface area contributed by atoms with Crippen molar-refractivity contribution in [3.8, 4) is 0 Å². The van der Waals surface area contributed by atoms with E-state index in [1.54, 1.807) is 0 Å². The minimum atomic E-state index is -0.664. The van der Waals surface area contributed by atoms with Crippen molar-refractivity contribution in [1.29, 1.82) is 0 Å². The van der Waals surface area contributed by atoms with E-state index in [0.717, 1.165) is 23.1 Å². The molecule has 3 aromatic rings. The van der Waals surface area contributed by atoms with Gasteiger partial charge < -0.3 is 9.47 Å². The smallest absolute Gasteiger partial charge is 0.143 e. The molecule has 144 valence electrons. The van der Waals surface area contributed by atoms with Crippen molar-refractivity contribution < 1.29 is 9.47 Å². The molecule has 28 heavy (non-hydrogen) atoms. The monoisotopic (exact) mass is 372 g/mol. The summed E-state index contributed by atoms with van der Waals surface area (Å²) in [5, 5.41) is 0. The Morgan fingerprint density at radius 2 is 1.18 bits per heavy atom. The Morgan fingerprint density at radius 1 is 0.750 bits per heavy atom. The zero-order valence-corrected chi connectivity index (χ0v) is 16.6. The van der Waals surface area contributed by atoms with Crippen LogP contribution in [0.15, 0.2) is 91.0 Å². The second-order valence-corrected chi connectivity index (χ2v) is 7.77. The molecule has 0 aliphatic carbocycles. The minimum absolute atomic E-state index is 0.125. The molecule has 3 aromatic carbocycles. The molecule has 2 heteroatoms. The van der Waals surface area contributed by atoms with Crippen LogP contribution in [-0.4, -0.2) is 18.8 Å². The molecule has 0 bridgehead atoms. The highest BCUT2D eigenvalue weighted by Gasteiger charge is 2.39. The van der Waals surface area contributed by atoms with Gasteiger partial charge in [-0.15, -0.1) is 0 Å². The Bertz CT molecular complexity index is 754. The van der Waals surface area contributed by atoms with Crippen LogP contribution in [0.2, 0.25) is 0 Å². The highest BCUT2D eigenvalue weighted by molar-refractivity contribution is 5.47. The molecule has 1 fully saturated rings. The largest absolute Gasteiger partial charge is 0.373 e. The van der Waals surface area contributed by atoms with Crippen molar-refractivity contribution in [2.45, 2.75) is 38.1 Å². The van der Waals surface area contributed by atoms with Crippen LogP contribution in [0.3, 0.4) is 0 Å². The summed E-state index contributed by atoms with van der Waals surface area (Å²) >= 11 is 0. The van der Waals surface area contributed by atoms with Crippen LogP contribution in [-0.2, 0) is 15.1 Å². The maximum Gasteiger partial charge on any atom is 0.143 e. The Labute approximate surface area is 168 Å². The van der Waals surface area contributed by atoms with Gasteiger partial charge in [0.2, 0.25) is 0 Å². The van der Waals surface area contributed by atoms with Gasteiger partial charge >= 0.3 is 0 Å². The fourth-order valence-electron chi connectivity index (χ4n) is 4.19. The Kier molecular flexibility index (Phi) is 5.61. The van der Waals surface area contributed by atoms with Crippen molar-refractivity contribution in [1.82, 2.24) is 0 Å². The Balaban J connectivity index is 1.79. The van der Waals surface area contributed by atoms with E-state index in [9.17, 15) is 0 Å². The van der Waals surface area contributed by atoms with Crippen molar-refractivity contribution >= 4 is 0 Å². The van der Waals surface area contributed by atoms with E-state index in [2.05, 4.69) is 86.6 Å². The van der Waals surface area contributed by atoms with Crippen LogP contribution < -0.4 is 0 Å². The molecule has 0 N–H and O–H groups in total. The highest BCUT2D eigenvalue weighted by atomic mass is 16.6. The second-order valence-electron chi connectivity index (χ2n) is 7.77. The lowest BCUT2D eigenvalue weighted by Crippen LogP contribution is -2.35. The van der Waals surface area contributed by atoms with E-state index in [4.69, 9.17) is 9.47 Å². The summed E-state index contributed by atoms with van der Waals surface area (Å²) in [5.41, 5.74) is 2.73. The molecule has 0 saturated carbocycles. The van der Waals surface area contributed by atoms with Crippen LogP contribution in [0, 0.1) is 5.92 Å². The van der Waals surface area contributed by atoms with Gasteiger partial charge in [-0.05, 0) is 36.0 Å². The predicted octanol–water partition coefficient (Wildman–Crippen LogP) is 5.81.